The molecule has 48 heavy (non-hydrogen) atoms. The minimum atomic E-state index is 0.696. The summed E-state index contributed by atoms with van der Waals surface area (Å²) in [5.41, 5.74) is 11.1. The number of hydrogen-bond donors (Lipinski definition) is 0. The molecule has 7 aromatic heterocycles. The Morgan fingerprint density at radius 2 is 0.562 bits per heavy atom. The third kappa shape index (κ3) is 6.08. The molecule has 1 aromatic carbocycles. The van der Waals surface area contributed by atoms with E-state index >= 15 is 0 Å². The second-order valence-corrected chi connectivity index (χ2v) is 11.1. The normalized spacial score (nSPS) is 10.9. The van der Waals surface area contributed by atoms with Gasteiger partial charge in [0.1, 0.15) is 0 Å². The largest absolute Gasteiger partial charge is 0.255 e. The van der Waals surface area contributed by atoms with Crippen molar-refractivity contribution in [3.63, 3.8) is 0 Å². The highest BCUT2D eigenvalue weighted by atomic mass is 14.9. The second-order valence-electron chi connectivity index (χ2n) is 11.1. The van der Waals surface area contributed by atoms with E-state index in [9.17, 15) is 0 Å². The standard InChI is InChI=1S/C41H27N7/c1-2-12-28(13-3-1)30-16-8-17-31(44-30)29-26-40(38-22-10-19-35(46-38)33-15-5-7-25-43-33)48-41(27-29)39-23-11-21-37(47-39)36-20-9-18-34(45-36)32-14-4-6-24-42-32/h1-27H. The Hall–Kier alpha value is -6.73. The molecule has 0 aliphatic heterocycles. The maximum atomic E-state index is 5.11. The average molecular weight is 618 g/mol. The molecule has 0 unspecified atom stereocenters. The van der Waals surface area contributed by atoms with Gasteiger partial charge in [-0.15, -0.1) is 0 Å². The zero-order chi connectivity index (χ0) is 32.1. The van der Waals surface area contributed by atoms with Crippen LogP contribution in [0.5, 0.6) is 0 Å². The van der Waals surface area contributed by atoms with E-state index < -0.39 is 0 Å². The number of hydrogen-bond acceptors (Lipinski definition) is 7. The molecule has 7 heteroatoms. The Morgan fingerprint density at radius 1 is 0.229 bits per heavy atom. The van der Waals surface area contributed by atoms with Crippen LogP contribution < -0.4 is 0 Å². The summed E-state index contributed by atoms with van der Waals surface area (Å²) >= 11 is 0. The van der Waals surface area contributed by atoms with Gasteiger partial charge in [-0.3, -0.25) is 9.97 Å². The van der Waals surface area contributed by atoms with Gasteiger partial charge in [0.05, 0.1) is 68.3 Å². The highest BCUT2D eigenvalue weighted by Crippen LogP contribution is 2.31. The third-order valence-corrected chi connectivity index (χ3v) is 7.83. The zero-order valence-electron chi connectivity index (χ0n) is 25.7. The number of aromatic nitrogens is 7. The number of nitrogens with zero attached hydrogens (tertiary/aromatic N) is 7. The molecule has 0 radical (unpaired) electrons. The maximum Gasteiger partial charge on any atom is 0.0901 e. The molecule has 0 bridgehead atoms. The monoisotopic (exact) mass is 617 g/mol. The van der Waals surface area contributed by atoms with Crippen LogP contribution >= 0.6 is 0 Å². The zero-order valence-corrected chi connectivity index (χ0v) is 25.7. The molecule has 0 saturated carbocycles. The van der Waals surface area contributed by atoms with Crippen molar-refractivity contribution in [2.45, 2.75) is 0 Å². The molecule has 226 valence electrons. The Morgan fingerprint density at radius 3 is 1.02 bits per heavy atom. The third-order valence-electron chi connectivity index (χ3n) is 7.83. The van der Waals surface area contributed by atoms with Crippen LogP contribution in [0.3, 0.4) is 0 Å². The summed E-state index contributed by atoms with van der Waals surface area (Å²) in [4.78, 5) is 34.0. The van der Waals surface area contributed by atoms with Crippen molar-refractivity contribution in [3.05, 3.63) is 164 Å². The molecule has 0 spiro atoms. The van der Waals surface area contributed by atoms with Crippen LogP contribution in [-0.4, -0.2) is 34.9 Å². The van der Waals surface area contributed by atoms with Crippen LogP contribution in [0.4, 0.5) is 0 Å². The Balaban J connectivity index is 1.25. The van der Waals surface area contributed by atoms with Crippen molar-refractivity contribution in [2.75, 3.05) is 0 Å². The Labute approximate surface area is 277 Å². The lowest BCUT2D eigenvalue weighted by atomic mass is 10.0. The molecule has 0 fully saturated rings. The Kier molecular flexibility index (Phi) is 7.74. The summed E-state index contributed by atoms with van der Waals surface area (Å²) in [6.45, 7) is 0. The molecular weight excluding hydrogens is 591 g/mol. The fourth-order valence-corrected chi connectivity index (χ4v) is 5.49. The lowest BCUT2D eigenvalue weighted by Gasteiger charge is -2.12. The highest BCUT2D eigenvalue weighted by Gasteiger charge is 2.15. The predicted octanol–water partition coefficient (Wildman–Crippen LogP) is 9.12. The molecular formula is C41H27N7. The first kappa shape index (κ1) is 28.7. The van der Waals surface area contributed by atoms with E-state index in [0.29, 0.717) is 17.1 Å². The quantitative estimate of drug-likeness (QED) is 0.176. The van der Waals surface area contributed by atoms with Crippen molar-refractivity contribution >= 4 is 0 Å². The lowest BCUT2D eigenvalue weighted by molar-refractivity contribution is 1.19. The summed E-state index contributed by atoms with van der Waals surface area (Å²) in [5, 5.41) is 0. The number of benzene rings is 1. The fourth-order valence-electron chi connectivity index (χ4n) is 5.49. The van der Waals surface area contributed by atoms with Crippen molar-refractivity contribution in [2.24, 2.45) is 0 Å². The van der Waals surface area contributed by atoms with Crippen LogP contribution in [0, 0.1) is 0 Å². The smallest absolute Gasteiger partial charge is 0.0901 e. The summed E-state index contributed by atoms with van der Waals surface area (Å²) in [7, 11) is 0. The van der Waals surface area contributed by atoms with E-state index in [0.717, 1.165) is 62.4 Å². The van der Waals surface area contributed by atoms with E-state index in [1.54, 1.807) is 12.4 Å². The van der Waals surface area contributed by atoms with Gasteiger partial charge < -0.3 is 0 Å². The van der Waals surface area contributed by atoms with Crippen molar-refractivity contribution in [1.29, 1.82) is 0 Å². The molecule has 0 amide bonds. The van der Waals surface area contributed by atoms with E-state index in [1.807, 2.05) is 140 Å². The fraction of sp³-hybridized carbons (Fsp3) is 0. The van der Waals surface area contributed by atoms with Crippen molar-refractivity contribution in [3.8, 4) is 79.5 Å². The number of rotatable bonds is 7. The van der Waals surface area contributed by atoms with Gasteiger partial charge >= 0.3 is 0 Å². The van der Waals surface area contributed by atoms with Gasteiger partial charge in [0.15, 0.2) is 0 Å². The first-order valence-electron chi connectivity index (χ1n) is 15.6. The van der Waals surface area contributed by atoms with Crippen LogP contribution in [-0.2, 0) is 0 Å². The van der Waals surface area contributed by atoms with Crippen LogP contribution in [0.15, 0.2) is 164 Å². The second kappa shape index (κ2) is 12.9. The van der Waals surface area contributed by atoms with Gasteiger partial charge in [-0.1, -0.05) is 66.7 Å². The van der Waals surface area contributed by atoms with Crippen LogP contribution in [0.1, 0.15) is 0 Å². The van der Waals surface area contributed by atoms with Crippen molar-refractivity contribution < 1.29 is 0 Å². The average Bonchev–Trinajstić information content (AvgIpc) is 3.19. The summed E-state index contributed by atoms with van der Waals surface area (Å²) in [6, 6.07) is 49.6. The first-order valence-corrected chi connectivity index (χ1v) is 15.6. The van der Waals surface area contributed by atoms with Crippen LogP contribution in [0.25, 0.3) is 79.5 Å². The molecule has 0 aliphatic carbocycles. The SMILES string of the molecule is c1ccc(-c2cccc(-c3cc(-c4cccc(-c5ccccn5)n4)nc(-c4cccc(-c5cccc(-c6ccccn6)n5)n4)c3)n2)cc1. The molecule has 8 rings (SSSR count). The minimum Gasteiger partial charge on any atom is -0.255 e. The first-order chi connectivity index (χ1) is 23.8. The number of pyridine rings is 7. The van der Waals surface area contributed by atoms with Crippen LogP contribution in [0.2, 0.25) is 0 Å². The molecule has 7 nitrogen and oxygen atoms in total. The molecule has 0 N–H and O–H groups in total. The van der Waals surface area contributed by atoms with Gasteiger partial charge in [0.2, 0.25) is 0 Å². The lowest BCUT2D eigenvalue weighted by Crippen LogP contribution is -1.98. The minimum absolute atomic E-state index is 0.696. The van der Waals surface area contributed by atoms with Gasteiger partial charge in [-0.2, -0.15) is 0 Å². The highest BCUT2D eigenvalue weighted by molar-refractivity contribution is 5.76. The summed E-state index contributed by atoms with van der Waals surface area (Å²) in [5.74, 6) is 0. The summed E-state index contributed by atoms with van der Waals surface area (Å²) in [6.07, 6.45) is 3.54. The van der Waals surface area contributed by atoms with E-state index in [-0.39, 0.29) is 0 Å². The Bertz CT molecular complexity index is 2240. The topological polar surface area (TPSA) is 90.2 Å². The predicted molar refractivity (Wildman–Crippen MR) is 189 cm³/mol. The van der Waals surface area contributed by atoms with Crippen molar-refractivity contribution in [1.82, 2.24) is 34.9 Å². The molecule has 8 aromatic rings. The molecule has 0 aliphatic rings. The van der Waals surface area contributed by atoms with Gasteiger partial charge in [-0.05, 0) is 84.9 Å². The summed E-state index contributed by atoms with van der Waals surface area (Å²) < 4.78 is 0. The molecule has 7 heterocycles. The molecule has 0 atom stereocenters. The molecule has 0 saturated heterocycles. The van der Waals surface area contributed by atoms with Gasteiger partial charge in [-0.25, -0.2) is 24.9 Å². The van der Waals surface area contributed by atoms with Gasteiger partial charge in [0.25, 0.3) is 0 Å². The maximum absolute atomic E-state index is 5.11. The van der Waals surface area contributed by atoms with E-state index in [1.165, 1.54) is 0 Å². The van der Waals surface area contributed by atoms with E-state index in [2.05, 4.69) is 22.1 Å². The van der Waals surface area contributed by atoms with E-state index in [4.69, 9.17) is 24.9 Å². The van der Waals surface area contributed by atoms with Gasteiger partial charge in [0, 0.05) is 23.5 Å².